The molecule has 30 heavy (non-hydrogen) atoms. The van der Waals surface area contributed by atoms with Gasteiger partial charge in [-0.1, -0.05) is 17.7 Å². The van der Waals surface area contributed by atoms with Crippen LogP contribution in [0, 0.1) is 0 Å². The average molecular weight is 403 g/mol. The maximum absolute atomic E-state index is 13.1. The fourth-order valence-electron chi connectivity index (χ4n) is 4.39. The van der Waals surface area contributed by atoms with Crippen molar-refractivity contribution in [2.24, 2.45) is 0 Å². The van der Waals surface area contributed by atoms with E-state index in [2.05, 4.69) is 28.0 Å². The van der Waals surface area contributed by atoms with E-state index in [1.54, 1.807) is 18.7 Å². The van der Waals surface area contributed by atoms with E-state index in [1.165, 1.54) is 5.57 Å². The Hall–Kier alpha value is -3.06. The SMILES string of the molecule is CC1=CC2(CCN(C(=O)c3cnc4c(c3)ncn4Cc3ccccn3)CC2)OCC1. The Morgan fingerprint density at radius 2 is 2.07 bits per heavy atom. The summed E-state index contributed by atoms with van der Waals surface area (Å²) in [7, 11) is 0. The van der Waals surface area contributed by atoms with Gasteiger partial charge in [0, 0.05) is 25.5 Å². The summed E-state index contributed by atoms with van der Waals surface area (Å²) >= 11 is 0. The average Bonchev–Trinajstić information content (AvgIpc) is 3.16. The topological polar surface area (TPSA) is 73.1 Å². The van der Waals surface area contributed by atoms with Gasteiger partial charge in [0.15, 0.2) is 5.65 Å². The van der Waals surface area contributed by atoms with Gasteiger partial charge in [-0.2, -0.15) is 0 Å². The first-order valence-corrected chi connectivity index (χ1v) is 10.4. The van der Waals surface area contributed by atoms with Crippen molar-refractivity contribution in [1.82, 2.24) is 24.4 Å². The van der Waals surface area contributed by atoms with Crippen LogP contribution in [0.2, 0.25) is 0 Å². The Kier molecular flexibility index (Phi) is 4.83. The molecule has 7 heteroatoms. The fourth-order valence-corrected chi connectivity index (χ4v) is 4.39. The van der Waals surface area contributed by atoms with Crippen molar-refractivity contribution in [2.75, 3.05) is 19.7 Å². The van der Waals surface area contributed by atoms with Gasteiger partial charge in [-0.25, -0.2) is 9.97 Å². The van der Waals surface area contributed by atoms with Crippen LogP contribution in [0.3, 0.4) is 0 Å². The van der Waals surface area contributed by atoms with Gasteiger partial charge in [0.25, 0.3) is 5.91 Å². The highest BCUT2D eigenvalue weighted by molar-refractivity contribution is 5.96. The van der Waals surface area contributed by atoms with Gasteiger partial charge in [0.1, 0.15) is 5.52 Å². The van der Waals surface area contributed by atoms with E-state index in [0.29, 0.717) is 25.2 Å². The van der Waals surface area contributed by atoms with Crippen molar-refractivity contribution < 1.29 is 9.53 Å². The van der Waals surface area contributed by atoms with Gasteiger partial charge >= 0.3 is 0 Å². The Morgan fingerprint density at radius 3 is 2.83 bits per heavy atom. The number of amides is 1. The monoisotopic (exact) mass is 403 g/mol. The number of carbonyl (C=O) groups excluding carboxylic acids is 1. The smallest absolute Gasteiger partial charge is 0.255 e. The first-order chi connectivity index (χ1) is 14.6. The minimum absolute atomic E-state index is 0.00929. The van der Waals surface area contributed by atoms with Crippen LogP contribution >= 0.6 is 0 Å². The number of aromatic nitrogens is 4. The molecule has 3 aromatic rings. The molecular weight excluding hydrogens is 378 g/mol. The third-order valence-corrected chi connectivity index (χ3v) is 6.05. The van der Waals surface area contributed by atoms with Crippen molar-refractivity contribution in [1.29, 1.82) is 0 Å². The zero-order chi connectivity index (χ0) is 20.6. The molecule has 0 unspecified atom stereocenters. The molecule has 1 fully saturated rings. The lowest BCUT2D eigenvalue weighted by Crippen LogP contribution is -2.48. The molecule has 7 nitrogen and oxygen atoms in total. The number of likely N-dealkylation sites (tertiary alicyclic amines) is 1. The summed E-state index contributed by atoms with van der Waals surface area (Å²) in [5.41, 5.74) is 4.20. The summed E-state index contributed by atoms with van der Waals surface area (Å²) in [5.74, 6) is 0.00929. The van der Waals surface area contributed by atoms with Gasteiger partial charge < -0.3 is 14.2 Å². The molecule has 3 aromatic heterocycles. The van der Waals surface area contributed by atoms with E-state index in [9.17, 15) is 4.79 Å². The second-order valence-electron chi connectivity index (χ2n) is 8.21. The van der Waals surface area contributed by atoms with Crippen molar-refractivity contribution >= 4 is 17.1 Å². The first-order valence-electron chi connectivity index (χ1n) is 10.4. The van der Waals surface area contributed by atoms with E-state index in [1.807, 2.05) is 33.7 Å². The van der Waals surface area contributed by atoms with E-state index in [0.717, 1.165) is 42.7 Å². The largest absolute Gasteiger partial charge is 0.370 e. The number of pyridine rings is 2. The maximum Gasteiger partial charge on any atom is 0.255 e. The van der Waals surface area contributed by atoms with Crippen molar-refractivity contribution in [2.45, 2.75) is 38.3 Å². The summed E-state index contributed by atoms with van der Waals surface area (Å²) in [6.45, 7) is 4.91. The number of carbonyl (C=O) groups is 1. The summed E-state index contributed by atoms with van der Waals surface area (Å²) in [5, 5.41) is 0. The zero-order valence-corrected chi connectivity index (χ0v) is 17.1. The number of rotatable bonds is 3. The van der Waals surface area contributed by atoms with Crippen LogP contribution in [-0.4, -0.2) is 55.6 Å². The second kappa shape index (κ2) is 7.65. The predicted molar refractivity (Wildman–Crippen MR) is 113 cm³/mol. The molecule has 0 aromatic carbocycles. The molecule has 0 aliphatic carbocycles. The number of hydrogen-bond acceptors (Lipinski definition) is 5. The summed E-state index contributed by atoms with van der Waals surface area (Å²) in [4.78, 5) is 28.3. The Balaban J connectivity index is 1.31. The highest BCUT2D eigenvalue weighted by Crippen LogP contribution is 2.33. The van der Waals surface area contributed by atoms with Crippen LogP contribution < -0.4 is 0 Å². The standard InChI is InChI=1S/C23H25N5O2/c1-17-5-11-30-23(13-17)6-9-27(10-7-23)22(29)18-12-20-21(25-14-18)28(16-26-20)15-19-4-2-3-8-24-19/h2-4,8,12-14,16H,5-7,9-11,15H2,1H3. The predicted octanol–water partition coefficient (Wildman–Crippen LogP) is 3.22. The normalized spacial score (nSPS) is 18.6. The molecule has 154 valence electrons. The molecular formula is C23H25N5O2. The van der Waals surface area contributed by atoms with E-state index >= 15 is 0 Å². The van der Waals surface area contributed by atoms with Crippen molar-refractivity contribution in [3.05, 3.63) is 65.9 Å². The number of ether oxygens (including phenoxy) is 1. The summed E-state index contributed by atoms with van der Waals surface area (Å²) in [6.07, 6.45) is 10.1. The Labute approximate surface area is 175 Å². The van der Waals surface area contributed by atoms with Crippen LogP contribution in [0.25, 0.3) is 11.2 Å². The van der Waals surface area contributed by atoms with Crippen LogP contribution in [0.15, 0.2) is 54.6 Å². The van der Waals surface area contributed by atoms with Crippen LogP contribution in [0.5, 0.6) is 0 Å². The molecule has 0 N–H and O–H groups in total. The summed E-state index contributed by atoms with van der Waals surface area (Å²) in [6, 6.07) is 7.67. The molecule has 0 saturated carbocycles. The molecule has 0 atom stereocenters. The quantitative estimate of drug-likeness (QED) is 0.628. The molecule has 2 aliphatic heterocycles. The first kappa shape index (κ1) is 18.9. The lowest BCUT2D eigenvalue weighted by molar-refractivity contribution is -0.0522. The minimum Gasteiger partial charge on any atom is -0.370 e. The zero-order valence-electron chi connectivity index (χ0n) is 17.1. The summed E-state index contributed by atoms with van der Waals surface area (Å²) < 4.78 is 8.03. The molecule has 1 amide bonds. The van der Waals surface area contributed by atoms with Crippen molar-refractivity contribution in [3.63, 3.8) is 0 Å². The van der Waals surface area contributed by atoms with Gasteiger partial charge in [-0.3, -0.25) is 9.78 Å². The van der Waals surface area contributed by atoms with E-state index in [4.69, 9.17) is 4.74 Å². The maximum atomic E-state index is 13.1. The van der Waals surface area contributed by atoms with Gasteiger partial charge in [-0.15, -0.1) is 0 Å². The van der Waals surface area contributed by atoms with Crippen LogP contribution in [0.1, 0.15) is 42.2 Å². The number of nitrogens with zero attached hydrogens (tertiary/aromatic N) is 5. The van der Waals surface area contributed by atoms with E-state index in [-0.39, 0.29) is 11.5 Å². The Morgan fingerprint density at radius 1 is 1.20 bits per heavy atom. The molecule has 0 radical (unpaired) electrons. The molecule has 2 aliphatic rings. The Bertz CT molecular complexity index is 1100. The van der Waals surface area contributed by atoms with Crippen LogP contribution in [-0.2, 0) is 11.3 Å². The molecule has 5 rings (SSSR count). The third kappa shape index (κ3) is 3.61. The highest BCUT2D eigenvalue weighted by Gasteiger charge is 2.37. The molecule has 1 spiro atoms. The lowest BCUT2D eigenvalue weighted by Gasteiger charge is -2.42. The highest BCUT2D eigenvalue weighted by atomic mass is 16.5. The number of fused-ring (bicyclic) bond motifs is 1. The van der Waals surface area contributed by atoms with Crippen LogP contribution in [0.4, 0.5) is 0 Å². The van der Waals surface area contributed by atoms with Gasteiger partial charge in [-0.05, 0) is 44.4 Å². The lowest BCUT2D eigenvalue weighted by atomic mass is 9.87. The van der Waals surface area contributed by atoms with E-state index < -0.39 is 0 Å². The number of imidazole rings is 1. The second-order valence-corrected chi connectivity index (χ2v) is 8.21. The third-order valence-electron chi connectivity index (χ3n) is 6.05. The molecule has 1 saturated heterocycles. The fraction of sp³-hybridized carbons (Fsp3) is 0.391. The van der Waals surface area contributed by atoms with Crippen molar-refractivity contribution in [3.8, 4) is 0 Å². The molecule has 0 bridgehead atoms. The number of piperidine rings is 1. The van der Waals surface area contributed by atoms with Gasteiger partial charge in [0.05, 0.1) is 36.3 Å². The van der Waals surface area contributed by atoms with Gasteiger partial charge in [0.2, 0.25) is 0 Å². The number of hydrogen-bond donors (Lipinski definition) is 0. The minimum atomic E-state index is -0.189. The molecule has 5 heterocycles.